The van der Waals surface area contributed by atoms with E-state index < -0.39 is 10.0 Å². The fraction of sp³-hybridized carbons (Fsp3) is 0.538. The van der Waals surface area contributed by atoms with Crippen LogP contribution in [0.3, 0.4) is 0 Å². The van der Waals surface area contributed by atoms with Crippen molar-refractivity contribution >= 4 is 15.7 Å². The molecule has 1 saturated heterocycles. The Balaban J connectivity index is 2.37. The predicted octanol–water partition coefficient (Wildman–Crippen LogP) is 0.977. The van der Waals surface area contributed by atoms with E-state index in [9.17, 15) is 13.5 Å². The Hall–Kier alpha value is -1.11. The summed E-state index contributed by atoms with van der Waals surface area (Å²) in [5, 5.41) is 9.25. The number of nitrogens with zero attached hydrogens (tertiary/aromatic N) is 1. The molecule has 3 N–H and O–H groups in total. The van der Waals surface area contributed by atoms with Gasteiger partial charge >= 0.3 is 0 Å². The molecule has 1 aromatic rings. The number of sulfonamides is 1. The number of hydrogen-bond acceptors (Lipinski definition) is 4. The van der Waals surface area contributed by atoms with Crippen LogP contribution in [0.25, 0.3) is 0 Å². The normalized spacial score (nSPS) is 20.8. The topological polar surface area (TPSA) is 83.6 Å². The van der Waals surface area contributed by atoms with Gasteiger partial charge in [0.05, 0.1) is 11.5 Å². The summed E-state index contributed by atoms with van der Waals surface area (Å²) in [6, 6.07) is 4.56. The highest BCUT2D eigenvalue weighted by Crippen LogP contribution is 2.27. The molecule has 0 saturated carbocycles. The average molecular weight is 284 g/mol. The maximum absolute atomic E-state index is 12.5. The third-order valence-corrected chi connectivity index (χ3v) is 5.59. The SMILES string of the molecule is CCc1ccc(S(=O)(=O)N2CCCC2CO)cc1N. The van der Waals surface area contributed by atoms with Gasteiger partial charge in [0.25, 0.3) is 0 Å². The summed E-state index contributed by atoms with van der Waals surface area (Å²) in [6.45, 7) is 2.30. The summed E-state index contributed by atoms with van der Waals surface area (Å²) in [4.78, 5) is 0.211. The first-order chi connectivity index (χ1) is 9.00. The zero-order valence-electron chi connectivity index (χ0n) is 11.0. The minimum Gasteiger partial charge on any atom is -0.398 e. The van der Waals surface area contributed by atoms with Gasteiger partial charge in [-0.1, -0.05) is 13.0 Å². The Morgan fingerprint density at radius 1 is 1.47 bits per heavy atom. The first-order valence-electron chi connectivity index (χ1n) is 6.51. The van der Waals surface area contributed by atoms with Crippen LogP contribution in [0.4, 0.5) is 5.69 Å². The number of aliphatic hydroxyl groups is 1. The predicted molar refractivity (Wildman–Crippen MR) is 74.2 cm³/mol. The molecule has 1 aliphatic rings. The maximum Gasteiger partial charge on any atom is 0.243 e. The van der Waals surface area contributed by atoms with E-state index in [1.54, 1.807) is 12.1 Å². The molecule has 0 aromatic heterocycles. The number of rotatable bonds is 4. The largest absolute Gasteiger partial charge is 0.398 e. The Morgan fingerprint density at radius 2 is 2.21 bits per heavy atom. The molecular weight excluding hydrogens is 264 g/mol. The van der Waals surface area contributed by atoms with Crippen LogP contribution in [0, 0.1) is 0 Å². The quantitative estimate of drug-likeness (QED) is 0.807. The van der Waals surface area contributed by atoms with Crippen LogP contribution in [0.1, 0.15) is 25.3 Å². The van der Waals surface area contributed by atoms with E-state index >= 15 is 0 Å². The summed E-state index contributed by atoms with van der Waals surface area (Å²) < 4.78 is 26.4. The third kappa shape index (κ3) is 2.61. The molecule has 19 heavy (non-hydrogen) atoms. The minimum absolute atomic E-state index is 0.137. The number of aryl methyl sites for hydroxylation is 1. The van der Waals surface area contributed by atoms with E-state index in [1.807, 2.05) is 6.92 Å². The molecular formula is C13H20N2O3S. The molecule has 1 heterocycles. The average Bonchev–Trinajstić information content (AvgIpc) is 2.87. The molecule has 5 nitrogen and oxygen atoms in total. The lowest BCUT2D eigenvalue weighted by Crippen LogP contribution is -2.37. The second kappa shape index (κ2) is 5.48. The van der Waals surface area contributed by atoms with Crippen molar-refractivity contribution in [2.24, 2.45) is 0 Å². The number of nitrogen functional groups attached to an aromatic ring is 1. The Morgan fingerprint density at radius 3 is 2.79 bits per heavy atom. The van der Waals surface area contributed by atoms with Crippen molar-refractivity contribution in [3.8, 4) is 0 Å². The lowest BCUT2D eigenvalue weighted by Gasteiger charge is -2.22. The number of benzene rings is 1. The standard InChI is InChI=1S/C13H20N2O3S/c1-2-10-5-6-12(8-13(10)14)19(17,18)15-7-3-4-11(15)9-16/h5-6,8,11,16H,2-4,7,9,14H2,1H3. The molecule has 0 aliphatic carbocycles. The van der Waals surface area contributed by atoms with Gasteiger partial charge in [-0.15, -0.1) is 0 Å². The van der Waals surface area contributed by atoms with Crippen molar-refractivity contribution in [3.05, 3.63) is 23.8 Å². The summed E-state index contributed by atoms with van der Waals surface area (Å²) >= 11 is 0. The van der Waals surface area contributed by atoms with Gasteiger partial charge in [-0.2, -0.15) is 4.31 Å². The molecule has 0 bridgehead atoms. The second-order valence-electron chi connectivity index (χ2n) is 4.81. The fourth-order valence-corrected chi connectivity index (χ4v) is 4.22. The van der Waals surface area contributed by atoms with E-state index in [4.69, 9.17) is 5.73 Å². The van der Waals surface area contributed by atoms with Crippen molar-refractivity contribution in [2.45, 2.75) is 37.1 Å². The molecule has 1 aromatic carbocycles. The number of aliphatic hydroxyl groups excluding tert-OH is 1. The van der Waals surface area contributed by atoms with Crippen LogP contribution in [0.5, 0.6) is 0 Å². The van der Waals surface area contributed by atoms with E-state index in [1.165, 1.54) is 10.4 Å². The molecule has 1 unspecified atom stereocenters. The van der Waals surface area contributed by atoms with Gasteiger partial charge in [0.15, 0.2) is 0 Å². The van der Waals surface area contributed by atoms with Crippen LogP contribution >= 0.6 is 0 Å². The van der Waals surface area contributed by atoms with E-state index in [0.29, 0.717) is 18.7 Å². The van der Waals surface area contributed by atoms with Gasteiger partial charge in [-0.3, -0.25) is 0 Å². The van der Waals surface area contributed by atoms with Crippen LogP contribution in [-0.2, 0) is 16.4 Å². The lowest BCUT2D eigenvalue weighted by atomic mass is 10.1. The number of nitrogens with two attached hydrogens (primary N) is 1. The maximum atomic E-state index is 12.5. The summed E-state index contributed by atoms with van der Waals surface area (Å²) in [5.41, 5.74) is 7.31. The second-order valence-corrected chi connectivity index (χ2v) is 6.70. The lowest BCUT2D eigenvalue weighted by molar-refractivity contribution is 0.213. The molecule has 106 valence electrons. The van der Waals surface area contributed by atoms with Gasteiger partial charge in [0.1, 0.15) is 0 Å². The number of anilines is 1. The fourth-order valence-electron chi connectivity index (χ4n) is 2.50. The van der Waals surface area contributed by atoms with Crippen LogP contribution in [0.2, 0.25) is 0 Å². The van der Waals surface area contributed by atoms with Gasteiger partial charge in [0.2, 0.25) is 10.0 Å². The summed E-state index contributed by atoms with van der Waals surface area (Å²) in [5.74, 6) is 0. The first-order valence-corrected chi connectivity index (χ1v) is 7.95. The van der Waals surface area contributed by atoms with Crippen molar-refractivity contribution in [1.82, 2.24) is 4.31 Å². The number of hydrogen-bond donors (Lipinski definition) is 2. The van der Waals surface area contributed by atoms with E-state index in [-0.39, 0.29) is 17.5 Å². The molecule has 0 amide bonds. The molecule has 6 heteroatoms. The molecule has 2 rings (SSSR count). The molecule has 1 aliphatic heterocycles. The van der Waals surface area contributed by atoms with Crippen LogP contribution in [-0.4, -0.2) is 37.0 Å². The van der Waals surface area contributed by atoms with Crippen LogP contribution < -0.4 is 5.73 Å². The van der Waals surface area contributed by atoms with Gasteiger partial charge in [-0.25, -0.2) is 8.42 Å². The Kier molecular flexibility index (Phi) is 4.13. The first kappa shape index (κ1) is 14.3. The minimum atomic E-state index is -3.55. The van der Waals surface area contributed by atoms with E-state index in [0.717, 1.165) is 18.4 Å². The summed E-state index contributed by atoms with van der Waals surface area (Å²) in [7, 11) is -3.55. The van der Waals surface area contributed by atoms with Gasteiger partial charge in [-0.05, 0) is 37.0 Å². The van der Waals surface area contributed by atoms with Gasteiger partial charge in [0, 0.05) is 18.3 Å². The van der Waals surface area contributed by atoms with Crippen molar-refractivity contribution in [2.75, 3.05) is 18.9 Å². The molecule has 1 fully saturated rings. The highest BCUT2D eigenvalue weighted by molar-refractivity contribution is 7.89. The Bertz CT molecular complexity index is 557. The monoisotopic (exact) mass is 284 g/mol. The Labute approximate surface area is 114 Å². The highest BCUT2D eigenvalue weighted by Gasteiger charge is 2.34. The zero-order chi connectivity index (χ0) is 14.0. The molecule has 0 radical (unpaired) electrons. The summed E-state index contributed by atoms with van der Waals surface area (Å²) in [6.07, 6.45) is 2.26. The third-order valence-electron chi connectivity index (χ3n) is 3.64. The molecule has 1 atom stereocenters. The van der Waals surface area contributed by atoms with Crippen LogP contribution in [0.15, 0.2) is 23.1 Å². The van der Waals surface area contributed by atoms with Crippen molar-refractivity contribution in [1.29, 1.82) is 0 Å². The van der Waals surface area contributed by atoms with E-state index in [2.05, 4.69) is 0 Å². The smallest absolute Gasteiger partial charge is 0.243 e. The highest BCUT2D eigenvalue weighted by atomic mass is 32.2. The van der Waals surface area contributed by atoms with Crippen molar-refractivity contribution in [3.63, 3.8) is 0 Å². The van der Waals surface area contributed by atoms with Gasteiger partial charge < -0.3 is 10.8 Å². The molecule has 0 spiro atoms. The van der Waals surface area contributed by atoms with Crippen molar-refractivity contribution < 1.29 is 13.5 Å². The zero-order valence-corrected chi connectivity index (χ0v) is 11.9.